The number of fused-ring (bicyclic) bond motifs is 2. The number of para-hydroxylation sites is 1. The number of nitrogens with one attached hydrogen (secondary N) is 1. The standard InChI is InChI=1S/C19H15N3O3S/c1-10-14-17(23)21-11(2)22-18(14)26-16(10)19(24)25-9-13-6-3-5-12-7-4-8-20-15(12)13/h3-8H,9H2,1-2H3,(H,21,22,23). The zero-order valence-corrected chi connectivity index (χ0v) is 15.0. The molecule has 0 aliphatic rings. The number of thiophene rings is 1. The van der Waals surface area contributed by atoms with Crippen LogP contribution in [0.25, 0.3) is 21.1 Å². The molecule has 0 radical (unpaired) electrons. The van der Waals surface area contributed by atoms with Gasteiger partial charge in [0.05, 0.1) is 10.9 Å². The Bertz CT molecular complexity index is 1200. The van der Waals surface area contributed by atoms with Gasteiger partial charge in [0.2, 0.25) is 0 Å². The van der Waals surface area contributed by atoms with Crippen LogP contribution in [0.2, 0.25) is 0 Å². The van der Waals surface area contributed by atoms with Crippen LogP contribution in [-0.4, -0.2) is 20.9 Å². The molecule has 0 fully saturated rings. The lowest BCUT2D eigenvalue weighted by atomic mass is 10.1. The minimum Gasteiger partial charge on any atom is -0.457 e. The second kappa shape index (κ2) is 6.34. The molecular formula is C19H15N3O3S. The fraction of sp³-hybridized carbons (Fsp3) is 0.158. The number of aromatic amines is 1. The summed E-state index contributed by atoms with van der Waals surface area (Å²) in [6.07, 6.45) is 1.71. The van der Waals surface area contributed by atoms with Crippen molar-refractivity contribution in [3.8, 4) is 0 Å². The number of carbonyl (C=O) groups is 1. The average molecular weight is 365 g/mol. The Morgan fingerprint density at radius 3 is 2.88 bits per heavy atom. The number of ether oxygens (including phenoxy) is 1. The molecule has 1 N–H and O–H groups in total. The van der Waals surface area contributed by atoms with Crippen molar-refractivity contribution in [2.45, 2.75) is 20.5 Å². The van der Waals surface area contributed by atoms with Crippen molar-refractivity contribution >= 4 is 38.4 Å². The number of benzene rings is 1. The average Bonchev–Trinajstić information content (AvgIpc) is 2.96. The van der Waals surface area contributed by atoms with Gasteiger partial charge in [-0.05, 0) is 25.5 Å². The second-order valence-corrected chi connectivity index (χ2v) is 6.96. The van der Waals surface area contributed by atoms with E-state index in [0.29, 0.717) is 26.5 Å². The molecule has 130 valence electrons. The second-order valence-electron chi connectivity index (χ2n) is 5.96. The van der Waals surface area contributed by atoms with Gasteiger partial charge in [0.1, 0.15) is 22.1 Å². The molecule has 1 aromatic carbocycles. The highest BCUT2D eigenvalue weighted by molar-refractivity contribution is 7.20. The third kappa shape index (κ3) is 2.76. The minimum atomic E-state index is -0.463. The highest BCUT2D eigenvalue weighted by Gasteiger charge is 2.20. The Kier molecular flexibility index (Phi) is 4.00. The molecule has 26 heavy (non-hydrogen) atoms. The van der Waals surface area contributed by atoms with Crippen LogP contribution in [-0.2, 0) is 11.3 Å². The summed E-state index contributed by atoms with van der Waals surface area (Å²) in [7, 11) is 0. The number of hydrogen-bond donors (Lipinski definition) is 1. The third-order valence-electron chi connectivity index (χ3n) is 4.18. The molecule has 0 unspecified atom stereocenters. The molecule has 0 saturated carbocycles. The molecule has 3 aromatic heterocycles. The Morgan fingerprint density at radius 2 is 2.04 bits per heavy atom. The topological polar surface area (TPSA) is 84.9 Å². The van der Waals surface area contributed by atoms with Gasteiger partial charge in [0.25, 0.3) is 5.56 Å². The first-order valence-corrected chi connectivity index (χ1v) is 8.86. The summed E-state index contributed by atoms with van der Waals surface area (Å²) < 4.78 is 5.49. The van der Waals surface area contributed by atoms with E-state index in [0.717, 1.165) is 16.5 Å². The number of carbonyl (C=O) groups excluding carboxylic acids is 1. The third-order valence-corrected chi connectivity index (χ3v) is 5.35. The molecular weight excluding hydrogens is 350 g/mol. The van der Waals surface area contributed by atoms with E-state index < -0.39 is 5.97 Å². The lowest BCUT2D eigenvalue weighted by Crippen LogP contribution is -2.10. The number of rotatable bonds is 3. The van der Waals surface area contributed by atoms with Crippen molar-refractivity contribution < 1.29 is 9.53 Å². The van der Waals surface area contributed by atoms with E-state index in [-0.39, 0.29) is 12.2 Å². The number of esters is 1. The summed E-state index contributed by atoms with van der Waals surface area (Å²) in [6, 6.07) is 9.58. The van der Waals surface area contributed by atoms with Crippen LogP contribution in [0.15, 0.2) is 41.3 Å². The van der Waals surface area contributed by atoms with E-state index >= 15 is 0 Å². The van der Waals surface area contributed by atoms with Crippen LogP contribution in [0.3, 0.4) is 0 Å². The van der Waals surface area contributed by atoms with Crippen LogP contribution >= 0.6 is 11.3 Å². The fourth-order valence-electron chi connectivity index (χ4n) is 2.94. The maximum atomic E-state index is 12.6. The van der Waals surface area contributed by atoms with Crippen LogP contribution in [0.1, 0.15) is 26.6 Å². The number of pyridine rings is 1. The van der Waals surface area contributed by atoms with E-state index in [1.807, 2.05) is 30.3 Å². The normalized spacial score (nSPS) is 11.2. The summed E-state index contributed by atoms with van der Waals surface area (Å²) in [5.74, 6) is 0.0565. The summed E-state index contributed by atoms with van der Waals surface area (Å²) in [5.41, 5.74) is 2.00. The van der Waals surface area contributed by atoms with Crippen molar-refractivity contribution in [3.63, 3.8) is 0 Å². The van der Waals surface area contributed by atoms with E-state index in [2.05, 4.69) is 15.0 Å². The first-order chi connectivity index (χ1) is 12.5. The number of aryl methyl sites for hydroxylation is 2. The Balaban J connectivity index is 1.65. The fourth-order valence-corrected chi connectivity index (χ4v) is 4.06. The van der Waals surface area contributed by atoms with Crippen molar-refractivity contribution in [1.29, 1.82) is 0 Å². The van der Waals surface area contributed by atoms with Crippen LogP contribution in [0, 0.1) is 13.8 Å². The van der Waals surface area contributed by atoms with E-state index in [1.165, 1.54) is 11.3 Å². The number of aromatic nitrogens is 3. The molecule has 0 aliphatic carbocycles. The summed E-state index contributed by atoms with van der Waals surface area (Å²) in [4.78, 5) is 37.0. The van der Waals surface area contributed by atoms with Crippen molar-refractivity contribution in [2.75, 3.05) is 0 Å². The first-order valence-electron chi connectivity index (χ1n) is 8.04. The molecule has 7 heteroatoms. The molecule has 4 aromatic rings. The minimum absolute atomic E-state index is 0.115. The summed E-state index contributed by atoms with van der Waals surface area (Å²) >= 11 is 1.18. The van der Waals surface area contributed by atoms with Crippen molar-refractivity contribution in [1.82, 2.24) is 15.0 Å². The van der Waals surface area contributed by atoms with Crippen molar-refractivity contribution in [2.24, 2.45) is 0 Å². The monoisotopic (exact) mass is 365 g/mol. The van der Waals surface area contributed by atoms with Gasteiger partial charge >= 0.3 is 5.97 Å². The highest BCUT2D eigenvalue weighted by Crippen LogP contribution is 2.28. The van der Waals surface area contributed by atoms with Gasteiger partial charge in [-0.25, -0.2) is 9.78 Å². The van der Waals surface area contributed by atoms with Gasteiger partial charge in [-0.3, -0.25) is 9.78 Å². The van der Waals surface area contributed by atoms with Crippen molar-refractivity contribution in [3.05, 3.63) is 68.7 Å². The zero-order chi connectivity index (χ0) is 18.3. The smallest absolute Gasteiger partial charge is 0.349 e. The quantitative estimate of drug-likeness (QED) is 0.562. The number of H-pyrrole nitrogens is 1. The molecule has 0 atom stereocenters. The largest absolute Gasteiger partial charge is 0.457 e. The molecule has 0 bridgehead atoms. The van der Waals surface area contributed by atoms with Crippen LogP contribution in [0.5, 0.6) is 0 Å². The van der Waals surface area contributed by atoms with Gasteiger partial charge in [0, 0.05) is 17.1 Å². The maximum Gasteiger partial charge on any atom is 0.349 e. The molecule has 6 nitrogen and oxygen atoms in total. The lowest BCUT2D eigenvalue weighted by Gasteiger charge is -2.07. The van der Waals surface area contributed by atoms with E-state index in [9.17, 15) is 9.59 Å². The van der Waals surface area contributed by atoms with Gasteiger partial charge in [-0.2, -0.15) is 0 Å². The first kappa shape index (κ1) is 16.4. The van der Waals surface area contributed by atoms with Gasteiger partial charge in [-0.1, -0.05) is 24.3 Å². The Hall–Kier alpha value is -3.06. The summed E-state index contributed by atoms with van der Waals surface area (Å²) in [5, 5.41) is 1.43. The molecule has 0 spiro atoms. The SMILES string of the molecule is Cc1nc2sc(C(=O)OCc3cccc4cccnc34)c(C)c2c(=O)[nH]1. The predicted molar refractivity (Wildman–Crippen MR) is 101 cm³/mol. The van der Waals surface area contributed by atoms with E-state index in [1.54, 1.807) is 20.0 Å². The lowest BCUT2D eigenvalue weighted by molar-refractivity contribution is 0.0479. The molecule has 0 saturated heterocycles. The Labute approximate surface area is 152 Å². The highest BCUT2D eigenvalue weighted by atomic mass is 32.1. The van der Waals surface area contributed by atoms with Gasteiger partial charge in [0.15, 0.2) is 0 Å². The predicted octanol–water partition coefficient (Wildman–Crippen LogP) is 3.51. The maximum absolute atomic E-state index is 12.6. The molecule has 4 rings (SSSR count). The zero-order valence-electron chi connectivity index (χ0n) is 14.2. The van der Waals surface area contributed by atoms with Gasteiger partial charge in [-0.15, -0.1) is 11.3 Å². The van der Waals surface area contributed by atoms with Crippen LogP contribution < -0.4 is 5.56 Å². The molecule has 3 heterocycles. The molecule has 0 aliphatic heterocycles. The number of hydrogen-bond acceptors (Lipinski definition) is 6. The molecule has 0 amide bonds. The van der Waals surface area contributed by atoms with E-state index in [4.69, 9.17) is 4.74 Å². The number of nitrogens with zero attached hydrogens (tertiary/aromatic N) is 2. The van der Waals surface area contributed by atoms with Gasteiger partial charge < -0.3 is 9.72 Å². The van der Waals surface area contributed by atoms with Crippen LogP contribution in [0.4, 0.5) is 0 Å². The summed E-state index contributed by atoms with van der Waals surface area (Å²) in [6.45, 7) is 3.56. The Morgan fingerprint density at radius 1 is 1.23 bits per heavy atom.